The van der Waals surface area contributed by atoms with E-state index in [0.717, 1.165) is 6.20 Å². The van der Waals surface area contributed by atoms with Gasteiger partial charge in [-0.1, -0.05) is 0 Å². The van der Waals surface area contributed by atoms with Gasteiger partial charge in [-0.2, -0.15) is 0 Å². The molecule has 1 aliphatic rings. The molecule has 4 heterocycles. The van der Waals surface area contributed by atoms with Gasteiger partial charge in [0.15, 0.2) is 11.6 Å². The van der Waals surface area contributed by atoms with Crippen molar-refractivity contribution in [1.29, 1.82) is 0 Å². The van der Waals surface area contributed by atoms with E-state index in [1.807, 2.05) is 18.4 Å². The normalized spacial score (nSPS) is 15.9. The largest absolute Gasteiger partial charge is 0.394 e. The number of pyridine rings is 1. The third-order valence-electron chi connectivity index (χ3n) is 6.53. The van der Waals surface area contributed by atoms with E-state index in [2.05, 4.69) is 30.6 Å². The van der Waals surface area contributed by atoms with Crippen LogP contribution >= 0.6 is 0 Å². The molecule has 1 saturated heterocycles. The van der Waals surface area contributed by atoms with Gasteiger partial charge < -0.3 is 25.2 Å². The number of hydrogen-bond donors (Lipinski definition) is 3. The molecule has 1 aliphatic heterocycles. The molecule has 1 fully saturated rings. The quantitative estimate of drug-likeness (QED) is 0.353. The van der Waals surface area contributed by atoms with E-state index < -0.39 is 11.6 Å². The van der Waals surface area contributed by atoms with E-state index in [1.165, 1.54) is 12.3 Å². The lowest BCUT2D eigenvalue weighted by molar-refractivity contribution is 0.0536. The van der Waals surface area contributed by atoms with E-state index in [4.69, 9.17) is 0 Å². The van der Waals surface area contributed by atoms with Gasteiger partial charge in [0.05, 0.1) is 29.9 Å². The van der Waals surface area contributed by atoms with Gasteiger partial charge in [-0.15, -0.1) is 0 Å². The van der Waals surface area contributed by atoms with Crippen molar-refractivity contribution in [3.63, 3.8) is 0 Å². The summed E-state index contributed by atoms with van der Waals surface area (Å²) in [4.78, 5) is 31.4. The summed E-state index contributed by atoms with van der Waals surface area (Å²) in [5.74, 6) is -0.434. The molecule has 1 amide bonds. The number of piperazine rings is 1. The number of fused-ring (bicyclic) bond motifs is 1. The smallest absolute Gasteiger partial charge is 0.255 e. The molecular formula is C26H28F2N8O2. The maximum Gasteiger partial charge on any atom is 0.255 e. The van der Waals surface area contributed by atoms with Gasteiger partial charge in [-0.25, -0.2) is 28.7 Å². The predicted octanol–water partition coefficient (Wildman–Crippen LogP) is 3.21. The summed E-state index contributed by atoms with van der Waals surface area (Å²) in [6.07, 6.45) is 2.43. The SMILES string of the molecule is Cc1nc2c(F)cc(-c3nc(Nc4ccc(C(=O)N5CCNC[C@H]5CO)cn4)ncc3F)cc2n1C(C)C. The minimum absolute atomic E-state index is 0.0316. The summed E-state index contributed by atoms with van der Waals surface area (Å²) in [6, 6.07) is 5.81. The fourth-order valence-electron chi connectivity index (χ4n) is 4.75. The van der Waals surface area contributed by atoms with Crippen LogP contribution in [-0.2, 0) is 0 Å². The number of aliphatic hydroxyl groups excluding tert-OH is 1. The highest BCUT2D eigenvalue weighted by molar-refractivity contribution is 5.94. The molecular weight excluding hydrogens is 494 g/mol. The van der Waals surface area contributed by atoms with Crippen LogP contribution in [0.25, 0.3) is 22.3 Å². The van der Waals surface area contributed by atoms with E-state index in [-0.39, 0.29) is 47.3 Å². The number of nitrogens with one attached hydrogen (secondary N) is 2. The fourth-order valence-corrected chi connectivity index (χ4v) is 4.75. The Morgan fingerprint density at radius 3 is 2.71 bits per heavy atom. The molecule has 10 nitrogen and oxygen atoms in total. The average Bonchev–Trinajstić information content (AvgIpc) is 3.26. The number of amides is 1. The summed E-state index contributed by atoms with van der Waals surface area (Å²) in [5, 5.41) is 15.6. The number of halogens is 2. The maximum atomic E-state index is 14.9. The Balaban J connectivity index is 1.40. The standard InChI is InChI=1S/C26H28F2N8O2/c1-14(2)36-15(3)32-24-19(27)8-17(9-21(24)36)23-20(28)12-31-26(34-23)33-22-5-4-16(10-30-22)25(38)35-7-6-29-11-18(35)13-37/h4-5,8-10,12,14,18,29,37H,6-7,11,13H2,1-3H3,(H,30,31,33,34)/t18-/m0/s1. The molecule has 0 spiro atoms. The molecule has 5 rings (SSSR count). The summed E-state index contributed by atoms with van der Waals surface area (Å²) >= 11 is 0. The lowest BCUT2D eigenvalue weighted by atomic mass is 10.1. The second kappa shape index (κ2) is 10.4. The number of nitrogens with zero attached hydrogens (tertiary/aromatic N) is 6. The van der Waals surface area contributed by atoms with Crippen LogP contribution in [0.2, 0.25) is 0 Å². The van der Waals surface area contributed by atoms with Gasteiger partial charge in [-0.05, 0) is 45.0 Å². The number of aryl methyl sites for hydroxylation is 1. The number of imidazole rings is 1. The summed E-state index contributed by atoms with van der Waals surface area (Å²) in [7, 11) is 0. The molecule has 0 radical (unpaired) electrons. The molecule has 0 saturated carbocycles. The molecule has 1 atom stereocenters. The van der Waals surface area contributed by atoms with Gasteiger partial charge >= 0.3 is 0 Å². The van der Waals surface area contributed by atoms with Crippen LogP contribution in [-0.4, -0.2) is 72.7 Å². The van der Waals surface area contributed by atoms with Crippen molar-refractivity contribution in [1.82, 2.24) is 34.7 Å². The van der Waals surface area contributed by atoms with Crippen molar-refractivity contribution in [3.8, 4) is 11.3 Å². The number of anilines is 2. The monoisotopic (exact) mass is 522 g/mol. The average molecular weight is 523 g/mol. The first kappa shape index (κ1) is 25.6. The van der Waals surface area contributed by atoms with Crippen LogP contribution in [0.15, 0.2) is 36.7 Å². The van der Waals surface area contributed by atoms with Gasteiger partial charge in [0.1, 0.15) is 22.9 Å². The molecule has 198 valence electrons. The van der Waals surface area contributed by atoms with Gasteiger partial charge in [0.2, 0.25) is 5.95 Å². The summed E-state index contributed by atoms with van der Waals surface area (Å²) in [6.45, 7) is 7.25. The number of carbonyl (C=O) groups is 1. The highest BCUT2D eigenvalue weighted by Crippen LogP contribution is 2.30. The summed E-state index contributed by atoms with van der Waals surface area (Å²) in [5.41, 5.74) is 1.33. The number of benzene rings is 1. The highest BCUT2D eigenvalue weighted by Gasteiger charge is 2.27. The first-order valence-corrected chi connectivity index (χ1v) is 12.3. The Hall–Kier alpha value is -4.03. The Kier molecular flexibility index (Phi) is 7.00. The molecule has 38 heavy (non-hydrogen) atoms. The number of carbonyl (C=O) groups excluding carboxylic acids is 1. The highest BCUT2D eigenvalue weighted by atomic mass is 19.1. The van der Waals surface area contributed by atoms with Crippen LogP contribution in [0.4, 0.5) is 20.5 Å². The van der Waals surface area contributed by atoms with Crippen molar-refractivity contribution in [2.45, 2.75) is 32.9 Å². The number of aliphatic hydroxyl groups is 1. The zero-order valence-corrected chi connectivity index (χ0v) is 21.2. The van der Waals surface area contributed by atoms with Crippen molar-refractivity contribution in [3.05, 3.63) is 59.7 Å². The topological polar surface area (TPSA) is 121 Å². The molecule has 4 aromatic rings. The third kappa shape index (κ3) is 4.79. The van der Waals surface area contributed by atoms with E-state index in [0.29, 0.717) is 42.4 Å². The van der Waals surface area contributed by atoms with E-state index >= 15 is 0 Å². The van der Waals surface area contributed by atoms with Crippen molar-refractivity contribution in [2.24, 2.45) is 0 Å². The Morgan fingerprint density at radius 1 is 1.18 bits per heavy atom. The van der Waals surface area contributed by atoms with Crippen LogP contribution in [0, 0.1) is 18.6 Å². The molecule has 12 heteroatoms. The minimum atomic E-state index is -0.704. The fraction of sp³-hybridized carbons (Fsp3) is 0.346. The van der Waals surface area contributed by atoms with Gasteiger partial charge in [0.25, 0.3) is 5.91 Å². The molecule has 3 N–H and O–H groups in total. The molecule has 0 unspecified atom stereocenters. The second-order valence-electron chi connectivity index (χ2n) is 9.43. The third-order valence-corrected chi connectivity index (χ3v) is 6.53. The van der Waals surface area contributed by atoms with E-state index in [9.17, 15) is 18.7 Å². The predicted molar refractivity (Wildman–Crippen MR) is 138 cm³/mol. The van der Waals surface area contributed by atoms with Crippen molar-refractivity contribution >= 4 is 28.7 Å². The molecule has 0 aliphatic carbocycles. The van der Waals surface area contributed by atoms with Crippen molar-refractivity contribution in [2.75, 3.05) is 31.6 Å². The number of rotatable bonds is 6. The van der Waals surface area contributed by atoms with Crippen LogP contribution in [0.5, 0.6) is 0 Å². The zero-order chi connectivity index (χ0) is 27.0. The van der Waals surface area contributed by atoms with Crippen molar-refractivity contribution < 1.29 is 18.7 Å². The number of hydrogen-bond acceptors (Lipinski definition) is 8. The van der Waals surface area contributed by atoms with E-state index in [1.54, 1.807) is 30.0 Å². The molecule has 1 aromatic carbocycles. The molecule has 3 aromatic heterocycles. The lowest BCUT2D eigenvalue weighted by Gasteiger charge is -2.35. The molecule has 0 bridgehead atoms. The second-order valence-corrected chi connectivity index (χ2v) is 9.43. The zero-order valence-electron chi connectivity index (χ0n) is 21.2. The first-order valence-electron chi connectivity index (χ1n) is 12.3. The first-order chi connectivity index (χ1) is 18.3. The Labute approximate surface area is 217 Å². The maximum absolute atomic E-state index is 14.9. The van der Waals surface area contributed by atoms with Crippen LogP contribution < -0.4 is 10.6 Å². The van der Waals surface area contributed by atoms with Crippen LogP contribution in [0.1, 0.15) is 36.1 Å². The summed E-state index contributed by atoms with van der Waals surface area (Å²) < 4.78 is 31.6. The van der Waals surface area contributed by atoms with Gasteiger partial charge in [-0.3, -0.25) is 4.79 Å². The Bertz CT molecular complexity index is 1490. The van der Waals surface area contributed by atoms with Crippen LogP contribution in [0.3, 0.4) is 0 Å². The Morgan fingerprint density at radius 2 is 2.00 bits per heavy atom. The number of aromatic nitrogens is 5. The lowest BCUT2D eigenvalue weighted by Crippen LogP contribution is -2.55. The van der Waals surface area contributed by atoms with Gasteiger partial charge in [0, 0.05) is 37.4 Å². The minimum Gasteiger partial charge on any atom is -0.394 e.